The second kappa shape index (κ2) is 8.25. The molecule has 3 rings (SSSR count). The molecule has 0 fully saturated rings. The highest BCUT2D eigenvalue weighted by atomic mass is 16.2. The molecule has 0 bridgehead atoms. The van der Waals surface area contributed by atoms with Gasteiger partial charge in [-0.15, -0.1) is 0 Å². The van der Waals surface area contributed by atoms with Crippen molar-refractivity contribution in [1.29, 1.82) is 0 Å². The molecule has 26 heavy (non-hydrogen) atoms. The Balaban J connectivity index is 1.68. The molecule has 0 spiro atoms. The Hall–Kier alpha value is -3.21. The van der Waals surface area contributed by atoms with Crippen LogP contribution in [0.4, 0.5) is 11.6 Å². The first-order chi connectivity index (χ1) is 12.7. The van der Waals surface area contributed by atoms with Crippen molar-refractivity contribution in [3.8, 4) is 0 Å². The molecule has 0 saturated heterocycles. The number of aromatic nitrogens is 2. The van der Waals surface area contributed by atoms with Gasteiger partial charge in [-0.05, 0) is 23.6 Å². The maximum absolute atomic E-state index is 12.5. The van der Waals surface area contributed by atoms with E-state index in [9.17, 15) is 4.79 Å². The van der Waals surface area contributed by atoms with Crippen LogP contribution in [-0.4, -0.2) is 27.8 Å². The van der Waals surface area contributed by atoms with Crippen LogP contribution in [0.1, 0.15) is 28.4 Å². The molecule has 0 aliphatic carbocycles. The first-order valence-electron chi connectivity index (χ1n) is 8.63. The van der Waals surface area contributed by atoms with Crippen LogP contribution in [-0.2, 0) is 13.0 Å². The van der Waals surface area contributed by atoms with E-state index in [4.69, 9.17) is 0 Å². The second-order valence-corrected chi connectivity index (χ2v) is 6.08. The third kappa shape index (κ3) is 4.25. The predicted molar refractivity (Wildman–Crippen MR) is 103 cm³/mol. The van der Waals surface area contributed by atoms with Crippen LogP contribution < -0.4 is 5.32 Å². The summed E-state index contributed by atoms with van der Waals surface area (Å²) >= 11 is 0. The Labute approximate surface area is 153 Å². The number of hydrogen-bond acceptors (Lipinski definition) is 4. The van der Waals surface area contributed by atoms with Crippen molar-refractivity contribution in [3.63, 3.8) is 0 Å². The van der Waals surface area contributed by atoms with Crippen molar-refractivity contribution in [2.45, 2.75) is 19.9 Å². The molecular weight excluding hydrogens is 324 g/mol. The Bertz CT molecular complexity index is 863. The second-order valence-electron chi connectivity index (χ2n) is 6.08. The van der Waals surface area contributed by atoms with Crippen LogP contribution in [0, 0.1) is 0 Å². The summed E-state index contributed by atoms with van der Waals surface area (Å²) in [5.74, 6) is 0.377. The standard InChI is InChI=1S/C21H22N4O/c1-3-17-11-7-8-12-19(17)24-21-22-13-18(14-23-21)20(26)25(2)15-16-9-5-4-6-10-16/h4-14H,3,15H2,1-2H3,(H,22,23,24). The van der Waals surface area contributed by atoms with E-state index in [1.54, 1.807) is 24.3 Å². The van der Waals surface area contributed by atoms with Crippen molar-refractivity contribution in [3.05, 3.63) is 83.7 Å². The van der Waals surface area contributed by atoms with Gasteiger partial charge in [-0.2, -0.15) is 0 Å². The summed E-state index contributed by atoms with van der Waals surface area (Å²) in [6.07, 6.45) is 4.05. The molecule has 0 aliphatic heterocycles. The minimum Gasteiger partial charge on any atom is -0.337 e. The smallest absolute Gasteiger partial charge is 0.257 e. The molecule has 132 valence electrons. The fraction of sp³-hybridized carbons (Fsp3) is 0.190. The minimum absolute atomic E-state index is 0.102. The molecule has 1 aromatic heterocycles. The summed E-state index contributed by atoms with van der Waals surface area (Å²) in [4.78, 5) is 22.8. The van der Waals surface area contributed by atoms with Crippen molar-refractivity contribution < 1.29 is 4.79 Å². The van der Waals surface area contributed by atoms with E-state index < -0.39 is 0 Å². The van der Waals surface area contributed by atoms with Gasteiger partial charge < -0.3 is 10.2 Å². The topological polar surface area (TPSA) is 58.1 Å². The van der Waals surface area contributed by atoms with Crippen LogP contribution in [0.25, 0.3) is 0 Å². The Kier molecular flexibility index (Phi) is 5.59. The predicted octanol–water partition coefficient (Wildman–Crippen LogP) is 4.05. The molecule has 5 heteroatoms. The molecule has 1 amide bonds. The Morgan fingerprint density at radius 1 is 1.00 bits per heavy atom. The van der Waals surface area contributed by atoms with Gasteiger partial charge in [0.15, 0.2) is 0 Å². The van der Waals surface area contributed by atoms with Gasteiger partial charge in [-0.3, -0.25) is 4.79 Å². The molecule has 0 aliphatic rings. The highest BCUT2D eigenvalue weighted by molar-refractivity contribution is 5.93. The molecule has 0 radical (unpaired) electrons. The van der Waals surface area contributed by atoms with Gasteiger partial charge in [0.05, 0.1) is 5.56 Å². The number of anilines is 2. The highest BCUT2D eigenvalue weighted by Crippen LogP contribution is 2.19. The lowest BCUT2D eigenvalue weighted by Crippen LogP contribution is -2.26. The zero-order chi connectivity index (χ0) is 18.4. The van der Waals surface area contributed by atoms with Gasteiger partial charge in [0.25, 0.3) is 5.91 Å². The fourth-order valence-corrected chi connectivity index (χ4v) is 2.72. The van der Waals surface area contributed by atoms with Crippen LogP contribution in [0.2, 0.25) is 0 Å². The summed E-state index contributed by atoms with van der Waals surface area (Å²) < 4.78 is 0. The molecule has 0 unspecified atom stereocenters. The zero-order valence-electron chi connectivity index (χ0n) is 15.0. The fourth-order valence-electron chi connectivity index (χ4n) is 2.72. The SMILES string of the molecule is CCc1ccccc1Nc1ncc(C(=O)N(C)Cc2ccccc2)cn1. The average Bonchev–Trinajstić information content (AvgIpc) is 2.69. The maximum Gasteiger partial charge on any atom is 0.257 e. The zero-order valence-corrected chi connectivity index (χ0v) is 15.0. The number of rotatable bonds is 6. The number of aryl methyl sites for hydroxylation is 1. The maximum atomic E-state index is 12.5. The third-order valence-corrected chi connectivity index (χ3v) is 4.15. The highest BCUT2D eigenvalue weighted by Gasteiger charge is 2.13. The van der Waals surface area contributed by atoms with Crippen molar-refractivity contribution in [1.82, 2.24) is 14.9 Å². The lowest BCUT2D eigenvalue weighted by atomic mass is 10.1. The molecule has 0 saturated carbocycles. The van der Waals surface area contributed by atoms with E-state index >= 15 is 0 Å². The van der Waals surface area contributed by atoms with E-state index in [-0.39, 0.29) is 5.91 Å². The Morgan fingerprint density at radius 2 is 1.65 bits per heavy atom. The number of carbonyl (C=O) groups is 1. The number of para-hydroxylation sites is 1. The normalized spacial score (nSPS) is 10.4. The van der Waals surface area contributed by atoms with Gasteiger partial charge >= 0.3 is 0 Å². The summed E-state index contributed by atoms with van der Waals surface area (Å²) in [6, 6.07) is 17.9. The average molecular weight is 346 g/mol. The number of benzene rings is 2. The molecule has 5 nitrogen and oxygen atoms in total. The summed E-state index contributed by atoms with van der Waals surface area (Å²) in [6.45, 7) is 2.65. The number of hydrogen-bond donors (Lipinski definition) is 1. The minimum atomic E-state index is -0.102. The summed E-state index contributed by atoms with van der Waals surface area (Å²) in [7, 11) is 1.78. The summed E-state index contributed by atoms with van der Waals surface area (Å²) in [5, 5.41) is 3.21. The first kappa shape index (κ1) is 17.6. The van der Waals surface area contributed by atoms with E-state index in [1.165, 1.54) is 5.56 Å². The molecular formula is C21H22N4O. The van der Waals surface area contributed by atoms with Crippen molar-refractivity contribution >= 4 is 17.5 Å². The van der Waals surface area contributed by atoms with E-state index in [2.05, 4.69) is 28.3 Å². The molecule has 1 heterocycles. The van der Waals surface area contributed by atoms with Crippen LogP contribution in [0.3, 0.4) is 0 Å². The number of carbonyl (C=O) groups excluding carboxylic acids is 1. The third-order valence-electron chi connectivity index (χ3n) is 4.15. The van der Waals surface area contributed by atoms with Crippen molar-refractivity contribution in [2.75, 3.05) is 12.4 Å². The van der Waals surface area contributed by atoms with E-state index in [1.807, 2.05) is 48.5 Å². The number of amides is 1. The number of nitrogens with one attached hydrogen (secondary N) is 1. The lowest BCUT2D eigenvalue weighted by molar-refractivity contribution is 0.0784. The van der Waals surface area contributed by atoms with Gasteiger partial charge in [-0.25, -0.2) is 9.97 Å². The Morgan fingerprint density at radius 3 is 2.35 bits per heavy atom. The van der Waals surface area contributed by atoms with Crippen molar-refractivity contribution in [2.24, 2.45) is 0 Å². The first-order valence-corrected chi connectivity index (χ1v) is 8.63. The molecule has 2 aromatic carbocycles. The van der Waals surface area contributed by atoms with E-state index in [0.29, 0.717) is 18.1 Å². The lowest BCUT2D eigenvalue weighted by Gasteiger charge is -2.17. The molecule has 0 atom stereocenters. The summed E-state index contributed by atoms with van der Waals surface area (Å²) in [5.41, 5.74) is 3.73. The van der Waals surface area contributed by atoms with Gasteiger partial charge in [0.1, 0.15) is 0 Å². The van der Waals surface area contributed by atoms with Gasteiger partial charge in [0, 0.05) is 31.7 Å². The van der Waals surface area contributed by atoms with E-state index in [0.717, 1.165) is 17.7 Å². The van der Waals surface area contributed by atoms with Gasteiger partial charge in [0.2, 0.25) is 5.95 Å². The van der Waals surface area contributed by atoms with Crippen LogP contribution in [0.15, 0.2) is 67.0 Å². The molecule has 1 N–H and O–H groups in total. The monoisotopic (exact) mass is 346 g/mol. The van der Waals surface area contributed by atoms with Gasteiger partial charge in [-0.1, -0.05) is 55.5 Å². The largest absolute Gasteiger partial charge is 0.337 e. The quantitative estimate of drug-likeness (QED) is 0.731. The van der Waals surface area contributed by atoms with Crippen LogP contribution in [0.5, 0.6) is 0 Å². The molecule has 3 aromatic rings. The number of nitrogens with zero attached hydrogens (tertiary/aromatic N) is 3. The van der Waals surface area contributed by atoms with Crippen LogP contribution >= 0.6 is 0 Å².